The van der Waals surface area contributed by atoms with Crippen LogP contribution in [0.1, 0.15) is 43.4 Å². The van der Waals surface area contributed by atoms with Crippen molar-refractivity contribution in [2.45, 2.75) is 57.5 Å². The number of anilines is 1. The molecule has 4 rings (SSSR count). The normalized spacial score (nSPS) is 11.8. The lowest BCUT2D eigenvalue weighted by Crippen LogP contribution is -2.53. The summed E-state index contributed by atoms with van der Waals surface area (Å²) in [5.74, 6) is -0.226. The van der Waals surface area contributed by atoms with Crippen LogP contribution in [0, 0.1) is 6.92 Å². The molecule has 0 spiro atoms. The molecule has 0 heterocycles. The number of hydrogen-bond acceptors (Lipinski definition) is 5. The SMILES string of the molecule is CCCCNC(=O)[C@@H](Cc1ccccc1)N(Cc1cccc(C)c1)C(=O)CN(c1ccccc1)S(=O)(=O)c1ccc(OCC)cc1. The number of rotatable bonds is 16. The van der Waals surface area contributed by atoms with Gasteiger partial charge in [-0.1, -0.05) is 91.7 Å². The quantitative estimate of drug-likeness (QED) is 0.148. The molecule has 0 fully saturated rings. The summed E-state index contributed by atoms with van der Waals surface area (Å²) < 4.78 is 35.0. The van der Waals surface area contributed by atoms with Crippen LogP contribution in [0.2, 0.25) is 0 Å². The van der Waals surface area contributed by atoms with Crippen LogP contribution in [0.15, 0.2) is 114 Å². The Hall–Kier alpha value is -4.63. The van der Waals surface area contributed by atoms with E-state index in [4.69, 9.17) is 4.74 Å². The highest BCUT2D eigenvalue weighted by molar-refractivity contribution is 7.92. The van der Waals surface area contributed by atoms with Gasteiger partial charge in [-0.15, -0.1) is 0 Å². The van der Waals surface area contributed by atoms with E-state index in [1.165, 1.54) is 17.0 Å². The summed E-state index contributed by atoms with van der Waals surface area (Å²) >= 11 is 0. The third-order valence-corrected chi connectivity index (χ3v) is 9.37. The molecule has 0 saturated heterocycles. The highest BCUT2D eigenvalue weighted by atomic mass is 32.2. The fraction of sp³-hybridized carbons (Fsp3) is 0.297. The summed E-state index contributed by atoms with van der Waals surface area (Å²) in [7, 11) is -4.19. The third-order valence-electron chi connectivity index (χ3n) is 7.58. The van der Waals surface area contributed by atoms with Crippen molar-refractivity contribution in [3.05, 3.63) is 126 Å². The average molecular weight is 642 g/mol. The van der Waals surface area contributed by atoms with Crippen LogP contribution < -0.4 is 14.4 Å². The van der Waals surface area contributed by atoms with Gasteiger partial charge in [0.15, 0.2) is 0 Å². The molecule has 46 heavy (non-hydrogen) atoms. The summed E-state index contributed by atoms with van der Waals surface area (Å²) in [6, 6.07) is 31.1. The summed E-state index contributed by atoms with van der Waals surface area (Å²) in [4.78, 5) is 29.9. The van der Waals surface area contributed by atoms with Crippen LogP contribution >= 0.6 is 0 Å². The van der Waals surface area contributed by atoms with Crippen molar-refractivity contribution < 1.29 is 22.7 Å². The molecule has 0 radical (unpaired) electrons. The zero-order valence-corrected chi connectivity index (χ0v) is 27.6. The van der Waals surface area contributed by atoms with Gasteiger partial charge in [0.2, 0.25) is 11.8 Å². The number of carbonyl (C=O) groups excluding carboxylic acids is 2. The Balaban J connectivity index is 1.76. The molecule has 0 aromatic heterocycles. The van der Waals surface area contributed by atoms with Crippen molar-refractivity contribution in [2.75, 3.05) is 24.0 Å². The van der Waals surface area contributed by atoms with Crippen LogP contribution in [0.5, 0.6) is 5.75 Å². The maximum atomic E-state index is 14.5. The molecule has 242 valence electrons. The number of nitrogens with one attached hydrogen (secondary N) is 1. The van der Waals surface area contributed by atoms with Gasteiger partial charge >= 0.3 is 0 Å². The molecule has 9 heteroatoms. The number of hydrogen-bond donors (Lipinski definition) is 1. The van der Waals surface area contributed by atoms with Crippen molar-refractivity contribution >= 4 is 27.5 Å². The lowest BCUT2D eigenvalue weighted by Gasteiger charge is -2.34. The van der Waals surface area contributed by atoms with Gasteiger partial charge in [0, 0.05) is 19.5 Å². The Morgan fingerprint density at radius 1 is 0.826 bits per heavy atom. The Morgan fingerprint density at radius 2 is 1.48 bits per heavy atom. The number of carbonyl (C=O) groups is 2. The molecule has 1 N–H and O–H groups in total. The molecule has 0 aliphatic rings. The molecular weight excluding hydrogens is 598 g/mol. The third kappa shape index (κ3) is 9.20. The van der Waals surface area contributed by atoms with Gasteiger partial charge in [0.05, 0.1) is 17.2 Å². The van der Waals surface area contributed by atoms with E-state index in [1.54, 1.807) is 42.5 Å². The van der Waals surface area contributed by atoms with E-state index in [0.29, 0.717) is 24.6 Å². The van der Waals surface area contributed by atoms with Gasteiger partial charge in [0.1, 0.15) is 18.3 Å². The van der Waals surface area contributed by atoms with E-state index in [1.807, 2.05) is 75.4 Å². The molecule has 4 aromatic carbocycles. The number of nitrogens with zero attached hydrogens (tertiary/aromatic N) is 2. The van der Waals surface area contributed by atoms with Crippen LogP contribution in [0.25, 0.3) is 0 Å². The van der Waals surface area contributed by atoms with Crippen molar-refractivity contribution in [1.29, 1.82) is 0 Å². The number of ether oxygens (including phenoxy) is 1. The van der Waals surface area contributed by atoms with Crippen LogP contribution in [0.4, 0.5) is 5.69 Å². The number of aryl methyl sites for hydroxylation is 1. The van der Waals surface area contributed by atoms with Crippen molar-refractivity contribution in [1.82, 2.24) is 10.2 Å². The average Bonchev–Trinajstić information content (AvgIpc) is 3.06. The van der Waals surface area contributed by atoms with Crippen molar-refractivity contribution in [3.8, 4) is 5.75 Å². The number of sulfonamides is 1. The second-order valence-electron chi connectivity index (χ2n) is 11.1. The lowest BCUT2D eigenvalue weighted by atomic mass is 10.0. The van der Waals surface area contributed by atoms with Gasteiger partial charge in [-0.25, -0.2) is 8.42 Å². The smallest absolute Gasteiger partial charge is 0.264 e. The van der Waals surface area contributed by atoms with Crippen LogP contribution in [-0.4, -0.2) is 50.9 Å². The lowest BCUT2D eigenvalue weighted by molar-refractivity contribution is -0.140. The number of para-hydroxylation sites is 1. The minimum absolute atomic E-state index is 0.0241. The van der Waals surface area contributed by atoms with Crippen molar-refractivity contribution in [3.63, 3.8) is 0 Å². The predicted octanol–water partition coefficient (Wildman–Crippen LogP) is 6.15. The molecule has 8 nitrogen and oxygen atoms in total. The highest BCUT2D eigenvalue weighted by Gasteiger charge is 2.34. The van der Waals surface area contributed by atoms with Crippen LogP contribution in [0.3, 0.4) is 0 Å². The molecular formula is C37H43N3O5S. The van der Waals surface area contributed by atoms with E-state index in [9.17, 15) is 18.0 Å². The fourth-order valence-electron chi connectivity index (χ4n) is 5.19. The van der Waals surface area contributed by atoms with Gasteiger partial charge in [0.25, 0.3) is 10.0 Å². The topological polar surface area (TPSA) is 96.0 Å². The molecule has 0 unspecified atom stereocenters. The van der Waals surface area contributed by atoms with E-state index >= 15 is 0 Å². The zero-order chi connectivity index (χ0) is 32.9. The van der Waals surface area contributed by atoms with Gasteiger partial charge in [-0.2, -0.15) is 0 Å². The molecule has 0 aliphatic heterocycles. The molecule has 0 saturated carbocycles. The second kappa shape index (κ2) is 16.6. The Morgan fingerprint density at radius 3 is 2.11 bits per heavy atom. The van der Waals surface area contributed by atoms with Crippen molar-refractivity contribution in [2.24, 2.45) is 0 Å². The first-order valence-electron chi connectivity index (χ1n) is 15.7. The first-order chi connectivity index (χ1) is 22.2. The summed E-state index contributed by atoms with van der Waals surface area (Å²) in [5, 5.41) is 3.02. The molecule has 4 aromatic rings. The predicted molar refractivity (Wildman–Crippen MR) is 182 cm³/mol. The van der Waals surface area contributed by atoms with E-state index in [2.05, 4.69) is 5.32 Å². The van der Waals surface area contributed by atoms with Gasteiger partial charge < -0.3 is 15.0 Å². The molecule has 2 amide bonds. The first-order valence-corrected chi connectivity index (χ1v) is 17.1. The van der Waals surface area contributed by atoms with E-state index < -0.39 is 28.5 Å². The molecule has 0 aliphatic carbocycles. The monoisotopic (exact) mass is 641 g/mol. The van der Waals surface area contributed by atoms with Crippen LogP contribution in [-0.2, 0) is 32.6 Å². The Kier molecular flexibility index (Phi) is 12.4. The minimum Gasteiger partial charge on any atom is -0.494 e. The van der Waals surface area contributed by atoms with E-state index in [0.717, 1.165) is 33.8 Å². The summed E-state index contributed by atoms with van der Waals surface area (Å²) in [5.41, 5.74) is 3.09. The second-order valence-corrected chi connectivity index (χ2v) is 13.0. The zero-order valence-electron chi connectivity index (χ0n) is 26.8. The number of amides is 2. The molecule has 0 bridgehead atoms. The van der Waals surface area contributed by atoms with E-state index in [-0.39, 0.29) is 23.8 Å². The molecule has 1 atom stereocenters. The number of unbranched alkanes of at least 4 members (excludes halogenated alkanes) is 1. The van der Waals surface area contributed by atoms with Gasteiger partial charge in [-0.05, 0) is 67.8 Å². The Labute approximate surface area is 273 Å². The Bertz CT molecular complexity index is 1660. The van der Waals surface area contributed by atoms with Gasteiger partial charge in [-0.3, -0.25) is 13.9 Å². The first kappa shape index (κ1) is 34.2. The largest absolute Gasteiger partial charge is 0.494 e. The summed E-state index contributed by atoms with van der Waals surface area (Å²) in [6.45, 7) is 6.42. The minimum atomic E-state index is -4.19. The number of benzene rings is 4. The highest BCUT2D eigenvalue weighted by Crippen LogP contribution is 2.26. The summed E-state index contributed by atoms with van der Waals surface area (Å²) in [6.07, 6.45) is 1.98. The maximum absolute atomic E-state index is 14.5. The fourth-order valence-corrected chi connectivity index (χ4v) is 6.61. The maximum Gasteiger partial charge on any atom is 0.264 e. The standard InChI is InChI=1S/C37H43N3O5S/c1-4-6-24-38-37(42)35(26-30-15-9-7-10-16-30)39(27-31-17-13-14-29(3)25-31)36(41)28-40(32-18-11-8-12-19-32)46(43,44)34-22-20-33(21-23-34)45-5-2/h7-23,25,35H,4-6,24,26-28H2,1-3H3,(H,38,42)/t35-/m1/s1.